The number of hydrazone groups is 1. The number of carbonyl (C=O) groups excluding carboxylic acids is 4. The molecule has 8 heteroatoms. The number of amides is 3. The van der Waals surface area contributed by atoms with Crippen LogP contribution in [0.4, 0.5) is 0 Å². The molecule has 30 heavy (non-hydrogen) atoms. The number of nitrogens with zero attached hydrogens (tertiary/aromatic N) is 3. The Hall–Kier alpha value is -3.03. The van der Waals surface area contributed by atoms with Crippen LogP contribution in [0.25, 0.3) is 0 Å². The van der Waals surface area contributed by atoms with Gasteiger partial charge in [-0.15, -0.1) is 0 Å². The smallest absolute Gasteiger partial charge is 0.308 e. The SMILES string of the molecule is O=C(CCN1C(=O)[C@H]2CCCC[C@H]2C1=O)OCC(=O)N1CCC(c2ccccc2)=N1. The summed E-state index contributed by atoms with van der Waals surface area (Å²) in [7, 11) is 0. The first-order chi connectivity index (χ1) is 14.5. The number of hydrogen-bond donors (Lipinski definition) is 0. The highest BCUT2D eigenvalue weighted by Gasteiger charge is 2.47. The molecule has 2 atom stereocenters. The molecule has 4 rings (SSSR count). The summed E-state index contributed by atoms with van der Waals surface area (Å²) in [4.78, 5) is 50.4. The van der Waals surface area contributed by atoms with Crippen molar-refractivity contribution in [3.63, 3.8) is 0 Å². The predicted molar refractivity (Wildman–Crippen MR) is 107 cm³/mol. The van der Waals surface area contributed by atoms with E-state index in [1.54, 1.807) is 0 Å². The van der Waals surface area contributed by atoms with Crippen molar-refractivity contribution >= 4 is 29.4 Å². The molecule has 1 saturated heterocycles. The molecule has 0 N–H and O–H groups in total. The van der Waals surface area contributed by atoms with Crippen LogP contribution in [0, 0.1) is 11.8 Å². The molecule has 3 amide bonds. The number of esters is 1. The van der Waals surface area contributed by atoms with E-state index >= 15 is 0 Å². The summed E-state index contributed by atoms with van der Waals surface area (Å²) in [5.74, 6) is -1.80. The second-order valence-electron chi connectivity index (χ2n) is 7.92. The fourth-order valence-corrected chi connectivity index (χ4v) is 4.41. The highest BCUT2D eigenvalue weighted by molar-refractivity contribution is 6.05. The minimum absolute atomic E-state index is 0.0116. The standard InChI is InChI=1S/C22H25N3O5/c26-19(25-13-10-18(23-25)15-6-2-1-3-7-15)14-30-20(27)11-12-24-21(28)16-8-4-5-9-17(16)22(24)29/h1-3,6-7,16-17H,4-5,8-14H2/t16-,17+. The maximum atomic E-state index is 12.4. The third-order valence-corrected chi connectivity index (χ3v) is 6.03. The Morgan fingerprint density at radius 2 is 1.70 bits per heavy atom. The summed E-state index contributed by atoms with van der Waals surface area (Å²) >= 11 is 0. The van der Waals surface area contributed by atoms with Gasteiger partial charge >= 0.3 is 5.97 Å². The molecule has 8 nitrogen and oxygen atoms in total. The van der Waals surface area contributed by atoms with Crippen molar-refractivity contribution in [1.82, 2.24) is 9.91 Å². The normalized spacial score (nSPS) is 23.4. The zero-order chi connectivity index (χ0) is 21.1. The van der Waals surface area contributed by atoms with Gasteiger partial charge in [-0.05, 0) is 18.4 Å². The van der Waals surface area contributed by atoms with Crippen LogP contribution in [0.1, 0.15) is 44.1 Å². The molecule has 0 radical (unpaired) electrons. The summed E-state index contributed by atoms with van der Waals surface area (Å²) in [6.45, 7) is 0.0510. The van der Waals surface area contributed by atoms with E-state index in [1.807, 2.05) is 30.3 Å². The maximum absolute atomic E-state index is 12.4. The lowest BCUT2D eigenvalue weighted by molar-refractivity contribution is -0.152. The van der Waals surface area contributed by atoms with Crippen molar-refractivity contribution in [2.45, 2.75) is 38.5 Å². The Balaban J connectivity index is 1.23. The van der Waals surface area contributed by atoms with Crippen molar-refractivity contribution in [3.05, 3.63) is 35.9 Å². The molecular weight excluding hydrogens is 386 g/mol. The molecule has 2 fully saturated rings. The molecule has 1 aromatic rings. The van der Waals surface area contributed by atoms with Gasteiger partial charge in [-0.2, -0.15) is 5.10 Å². The summed E-state index contributed by atoms with van der Waals surface area (Å²) in [5, 5.41) is 5.63. The minimum atomic E-state index is -0.606. The second-order valence-corrected chi connectivity index (χ2v) is 7.92. The monoisotopic (exact) mass is 411 g/mol. The van der Waals surface area contributed by atoms with E-state index in [4.69, 9.17) is 4.74 Å². The van der Waals surface area contributed by atoms with E-state index < -0.39 is 18.5 Å². The van der Waals surface area contributed by atoms with Gasteiger partial charge in [0.1, 0.15) is 0 Å². The third kappa shape index (κ3) is 4.13. The van der Waals surface area contributed by atoms with Gasteiger partial charge in [-0.3, -0.25) is 24.1 Å². The molecule has 0 bridgehead atoms. The topological polar surface area (TPSA) is 96.3 Å². The third-order valence-electron chi connectivity index (χ3n) is 6.03. The van der Waals surface area contributed by atoms with Gasteiger partial charge in [0.2, 0.25) is 11.8 Å². The second kappa shape index (κ2) is 8.77. The molecule has 3 aliphatic rings. The molecule has 1 aliphatic carbocycles. The van der Waals surface area contributed by atoms with Gasteiger partial charge in [0, 0.05) is 13.0 Å². The Morgan fingerprint density at radius 1 is 1.03 bits per heavy atom. The van der Waals surface area contributed by atoms with Crippen LogP contribution in [0.3, 0.4) is 0 Å². The molecule has 2 heterocycles. The van der Waals surface area contributed by atoms with E-state index in [0.29, 0.717) is 13.0 Å². The average Bonchev–Trinajstić information content (AvgIpc) is 3.36. The first-order valence-electron chi connectivity index (χ1n) is 10.5. The number of imide groups is 1. The summed E-state index contributed by atoms with van der Waals surface area (Å²) < 4.78 is 5.06. The fraction of sp³-hybridized carbons (Fsp3) is 0.500. The van der Waals surface area contributed by atoms with Crippen LogP contribution in [-0.4, -0.2) is 59.0 Å². The maximum Gasteiger partial charge on any atom is 0.308 e. The Labute approximate surface area is 174 Å². The van der Waals surface area contributed by atoms with Crippen LogP contribution in [-0.2, 0) is 23.9 Å². The van der Waals surface area contributed by atoms with E-state index in [1.165, 1.54) is 9.91 Å². The van der Waals surface area contributed by atoms with E-state index in [9.17, 15) is 19.2 Å². The van der Waals surface area contributed by atoms with Gasteiger partial charge in [-0.25, -0.2) is 5.01 Å². The van der Waals surface area contributed by atoms with Crippen LogP contribution >= 0.6 is 0 Å². The number of rotatable bonds is 6. The zero-order valence-electron chi connectivity index (χ0n) is 16.8. The lowest BCUT2D eigenvalue weighted by Crippen LogP contribution is -2.34. The number of hydrogen-bond acceptors (Lipinski definition) is 6. The number of benzene rings is 1. The lowest BCUT2D eigenvalue weighted by Gasteiger charge is -2.19. The number of fused-ring (bicyclic) bond motifs is 1. The molecule has 0 aromatic heterocycles. The van der Waals surface area contributed by atoms with Crippen molar-refractivity contribution in [1.29, 1.82) is 0 Å². The minimum Gasteiger partial charge on any atom is -0.455 e. The van der Waals surface area contributed by atoms with Crippen molar-refractivity contribution < 1.29 is 23.9 Å². The Bertz CT molecular complexity index is 858. The number of likely N-dealkylation sites (tertiary alicyclic amines) is 1. The number of carbonyl (C=O) groups is 4. The van der Waals surface area contributed by atoms with E-state index in [0.717, 1.165) is 37.0 Å². The molecule has 0 spiro atoms. The van der Waals surface area contributed by atoms with Crippen LogP contribution < -0.4 is 0 Å². The molecule has 0 unspecified atom stereocenters. The first-order valence-corrected chi connectivity index (χ1v) is 10.5. The van der Waals surface area contributed by atoms with Gasteiger partial charge in [0.25, 0.3) is 5.91 Å². The quantitative estimate of drug-likeness (QED) is 0.525. The molecule has 2 aliphatic heterocycles. The zero-order valence-corrected chi connectivity index (χ0v) is 16.8. The van der Waals surface area contributed by atoms with Crippen LogP contribution in [0.15, 0.2) is 35.4 Å². The largest absolute Gasteiger partial charge is 0.455 e. The number of ether oxygens (including phenoxy) is 1. The summed E-state index contributed by atoms with van der Waals surface area (Å²) in [6, 6.07) is 9.61. The van der Waals surface area contributed by atoms with Crippen LogP contribution in [0.5, 0.6) is 0 Å². The van der Waals surface area contributed by atoms with Crippen LogP contribution in [0.2, 0.25) is 0 Å². The van der Waals surface area contributed by atoms with Crippen molar-refractivity contribution in [2.24, 2.45) is 16.9 Å². The van der Waals surface area contributed by atoms with Gasteiger partial charge < -0.3 is 4.74 Å². The molecule has 158 valence electrons. The Kier molecular flexibility index (Phi) is 5.92. The lowest BCUT2D eigenvalue weighted by atomic mass is 9.81. The van der Waals surface area contributed by atoms with Crippen molar-refractivity contribution in [2.75, 3.05) is 19.7 Å². The van der Waals surface area contributed by atoms with Gasteiger partial charge in [0.15, 0.2) is 6.61 Å². The highest BCUT2D eigenvalue weighted by Crippen LogP contribution is 2.37. The Morgan fingerprint density at radius 3 is 2.37 bits per heavy atom. The van der Waals surface area contributed by atoms with Gasteiger partial charge in [0.05, 0.1) is 30.5 Å². The fourth-order valence-electron chi connectivity index (χ4n) is 4.41. The molecule has 1 saturated carbocycles. The average molecular weight is 411 g/mol. The predicted octanol–water partition coefficient (Wildman–Crippen LogP) is 1.73. The van der Waals surface area contributed by atoms with Crippen molar-refractivity contribution in [3.8, 4) is 0 Å². The van der Waals surface area contributed by atoms with E-state index in [2.05, 4.69) is 5.10 Å². The summed E-state index contributed by atoms with van der Waals surface area (Å²) in [5.41, 5.74) is 1.79. The molecule has 1 aromatic carbocycles. The highest BCUT2D eigenvalue weighted by atomic mass is 16.5. The summed E-state index contributed by atoms with van der Waals surface area (Å²) in [6.07, 6.45) is 3.94. The van der Waals surface area contributed by atoms with Gasteiger partial charge in [-0.1, -0.05) is 43.2 Å². The molecular formula is C22H25N3O5. The first kappa shape index (κ1) is 20.3. The van der Waals surface area contributed by atoms with E-state index in [-0.39, 0.29) is 36.6 Å².